The molecule has 1 saturated heterocycles. The van der Waals surface area contributed by atoms with Crippen LogP contribution in [-0.4, -0.2) is 58.5 Å². The molecule has 1 aromatic heterocycles. The number of carbonyl (C=O) groups is 1. The van der Waals surface area contributed by atoms with Crippen LogP contribution in [0.3, 0.4) is 0 Å². The first-order chi connectivity index (χ1) is 10.0. The van der Waals surface area contributed by atoms with E-state index in [9.17, 15) is 9.90 Å². The van der Waals surface area contributed by atoms with Gasteiger partial charge in [0.2, 0.25) is 5.91 Å². The van der Waals surface area contributed by atoms with E-state index in [1.807, 2.05) is 25.2 Å². The lowest BCUT2D eigenvalue weighted by Crippen LogP contribution is -2.52. The second-order valence-electron chi connectivity index (χ2n) is 6.59. The van der Waals surface area contributed by atoms with Crippen LogP contribution in [0.2, 0.25) is 0 Å². The normalized spacial score (nSPS) is 24.7. The molecule has 2 heterocycles. The highest BCUT2D eigenvalue weighted by atomic mass is 16.3. The number of piperidine rings is 1. The summed E-state index contributed by atoms with van der Waals surface area (Å²) < 4.78 is 1.72. The number of nitrogens with zero attached hydrogens (tertiary/aromatic N) is 4. The number of aromatic nitrogens is 2. The molecule has 1 aliphatic heterocycles. The number of aliphatic hydroxyl groups excluding tert-OH is 1. The van der Waals surface area contributed by atoms with E-state index >= 15 is 0 Å². The number of hydrogen-bond acceptors (Lipinski definition) is 4. The summed E-state index contributed by atoms with van der Waals surface area (Å²) in [5.41, 5.74) is 0.926. The minimum absolute atomic E-state index is 0.0472. The Bertz CT molecular complexity index is 523. The molecule has 2 fully saturated rings. The Balaban J connectivity index is 1.69. The van der Waals surface area contributed by atoms with Gasteiger partial charge in [-0.2, -0.15) is 5.10 Å². The number of likely N-dealkylation sites (N-methyl/N-ethyl adjacent to an activating group) is 1. The fraction of sp³-hybridized carbons (Fsp3) is 0.733. The first kappa shape index (κ1) is 14.5. The van der Waals surface area contributed by atoms with E-state index in [1.54, 1.807) is 10.9 Å². The molecule has 2 aliphatic rings. The molecule has 0 bridgehead atoms. The molecule has 1 atom stereocenters. The second-order valence-corrected chi connectivity index (χ2v) is 6.59. The molecule has 1 aliphatic carbocycles. The van der Waals surface area contributed by atoms with Gasteiger partial charge in [-0.1, -0.05) is 0 Å². The van der Waals surface area contributed by atoms with Crippen molar-refractivity contribution in [3.8, 4) is 0 Å². The van der Waals surface area contributed by atoms with Crippen LogP contribution in [0.1, 0.15) is 25.7 Å². The van der Waals surface area contributed by atoms with Crippen molar-refractivity contribution in [3.63, 3.8) is 0 Å². The Labute approximate surface area is 125 Å². The van der Waals surface area contributed by atoms with Crippen LogP contribution in [-0.2, 0) is 11.8 Å². The number of anilines is 1. The molecule has 0 spiro atoms. The highest BCUT2D eigenvalue weighted by Gasteiger charge is 2.45. The highest BCUT2D eigenvalue weighted by Crippen LogP contribution is 2.46. The van der Waals surface area contributed by atoms with Gasteiger partial charge in [0.05, 0.1) is 17.9 Å². The number of amides is 1. The fourth-order valence-electron chi connectivity index (χ4n) is 3.25. The van der Waals surface area contributed by atoms with Crippen molar-refractivity contribution >= 4 is 11.6 Å². The van der Waals surface area contributed by atoms with Crippen LogP contribution in [0.15, 0.2) is 12.4 Å². The zero-order valence-electron chi connectivity index (χ0n) is 12.8. The zero-order valence-corrected chi connectivity index (χ0v) is 12.8. The van der Waals surface area contributed by atoms with Gasteiger partial charge in [0.1, 0.15) is 0 Å². The Morgan fingerprint density at radius 3 is 2.86 bits per heavy atom. The van der Waals surface area contributed by atoms with Gasteiger partial charge < -0.3 is 10.0 Å². The van der Waals surface area contributed by atoms with Crippen LogP contribution in [0.5, 0.6) is 0 Å². The number of rotatable bonds is 5. The van der Waals surface area contributed by atoms with E-state index < -0.39 is 0 Å². The predicted molar refractivity (Wildman–Crippen MR) is 80.0 cm³/mol. The molecular formula is C15H24N4O2. The monoisotopic (exact) mass is 292 g/mol. The first-order valence-electron chi connectivity index (χ1n) is 7.66. The van der Waals surface area contributed by atoms with Gasteiger partial charge in [0.15, 0.2) is 0 Å². The maximum absolute atomic E-state index is 12.8. The summed E-state index contributed by atoms with van der Waals surface area (Å²) in [5, 5.41) is 13.6. The summed E-state index contributed by atoms with van der Waals surface area (Å²) in [6, 6.07) is -0.0806. The van der Waals surface area contributed by atoms with Gasteiger partial charge in [0.25, 0.3) is 0 Å². The van der Waals surface area contributed by atoms with Gasteiger partial charge in [0, 0.05) is 38.4 Å². The van der Waals surface area contributed by atoms with Gasteiger partial charge in [-0.05, 0) is 32.7 Å². The van der Waals surface area contributed by atoms with Gasteiger partial charge >= 0.3 is 0 Å². The molecule has 1 saturated carbocycles. The van der Waals surface area contributed by atoms with Crippen molar-refractivity contribution in [2.45, 2.75) is 31.7 Å². The lowest BCUT2D eigenvalue weighted by molar-refractivity contribution is -0.125. The largest absolute Gasteiger partial charge is 0.396 e. The third kappa shape index (κ3) is 2.82. The summed E-state index contributed by atoms with van der Waals surface area (Å²) in [6.45, 7) is 1.80. The van der Waals surface area contributed by atoms with E-state index in [0.717, 1.165) is 44.5 Å². The van der Waals surface area contributed by atoms with E-state index in [-0.39, 0.29) is 24.0 Å². The minimum atomic E-state index is -0.0806. The van der Waals surface area contributed by atoms with Crippen molar-refractivity contribution in [2.24, 2.45) is 12.5 Å². The molecule has 6 heteroatoms. The highest BCUT2D eigenvalue weighted by molar-refractivity contribution is 5.97. The van der Waals surface area contributed by atoms with Gasteiger partial charge in [-0.25, -0.2) is 0 Å². The van der Waals surface area contributed by atoms with Crippen LogP contribution < -0.4 is 4.90 Å². The molecule has 116 valence electrons. The smallest absolute Gasteiger partial charge is 0.244 e. The number of aryl methyl sites for hydroxylation is 1. The molecule has 1 amide bonds. The number of aliphatic hydroxyl groups is 1. The Kier molecular flexibility index (Phi) is 3.75. The summed E-state index contributed by atoms with van der Waals surface area (Å²) in [7, 11) is 3.87. The SMILES string of the molecule is CN(CC1(CO)CC1)C1CCCN(c2cnn(C)c2)C1=O. The van der Waals surface area contributed by atoms with Crippen molar-refractivity contribution in [1.82, 2.24) is 14.7 Å². The molecule has 0 radical (unpaired) electrons. The minimum Gasteiger partial charge on any atom is -0.396 e. The third-order valence-corrected chi connectivity index (χ3v) is 4.82. The van der Waals surface area contributed by atoms with E-state index in [2.05, 4.69) is 10.00 Å². The number of carbonyl (C=O) groups excluding carboxylic acids is 1. The summed E-state index contributed by atoms with van der Waals surface area (Å²) in [5.74, 6) is 0.158. The predicted octanol–water partition coefficient (Wildman–Crippen LogP) is 0.620. The summed E-state index contributed by atoms with van der Waals surface area (Å²) in [6.07, 6.45) is 7.67. The maximum atomic E-state index is 12.8. The van der Waals surface area contributed by atoms with Crippen molar-refractivity contribution in [3.05, 3.63) is 12.4 Å². The standard InChI is InChI=1S/C15H24N4O2/c1-17(10-15(11-20)5-6-15)13-4-3-7-19(14(13)21)12-8-16-18(2)9-12/h8-9,13,20H,3-7,10-11H2,1-2H3. The van der Waals surface area contributed by atoms with Crippen LogP contribution in [0.4, 0.5) is 5.69 Å². The molecule has 1 N–H and O–H groups in total. The Morgan fingerprint density at radius 1 is 1.52 bits per heavy atom. The zero-order chi connectivity index (χ0) is 15.0. The molecule has 3 rings (SSSR count). The average Bonchev–Trinajstić information content (AvgIpc) is 3.11. The molecule has 1 unspecified atom stereocenters. The lowest BCUT2D eigenvalue weighted by atomic mass is 10.0. The molecule has 21 heavy (non-hydrogen) atoms. The quantitative estimate of drug-likeness (QED) is 0.864. The average molecular weight is 292 g/mol. The third-order valence-electron chi connectivity index (χ3n) is 4.82. The molecule has 6 nitrogen and oxygen atoms in total. The van der Waals surface area contributed by atoms with Crippen molar-refractivity contribution in [2.75, 3.05) is 31.6 Å². The number of hydrogen-bond donors (Lipinski definition) is 1. The Hall–Kier alpha value is -1.40. The topological polar surface area (TPSA) is 61.6 Å². The Morgan fingerprint density at radius 2 is 2.29 bits per heavy atom. The van der Waals surface area contributed by atoms with E-state index in [0.29, 0.717) is 0 Å². The van der Waals surface area contributed by atoms with Crippen LogP contribution in [0.25, 0.3) is 0 Å². The second kappa shape index (κ2) is 5.42. The molecule has 0 aromatic carbocycles. The van der Waals surface area contributed by atoms with Crippen molar-refractivity contribution in [1.29, 1.82) is 0 Å². The molecular weight excluding hydrogens is 268 g/mol. The van der Waals surface area contributed by atoms with Crippen molar-refractivity contribution < 1.29 is 9.90 Å². The van der Waals surface area contributed by atoms with E-state index in [1.165, 1.54) is 0 Å². The summed E-state index contributed by atoms with van der Waals surface area (Å²) in [4.78, 5) is 16.7. The fourth-order valence-corrected chi connectivity index (χ4v) is 3.25. The van der Waals surface area contributed by atoms with E-state index in [4.69, 9.17) is 0 Å². The maximum Gasteiger partial charge on any atom is 0.244 e. The molecule has 1 aromatic rings. The summed E-state index contributed by atoms with van der Waals surface area (Å²) >= 11 is 0. The van der Waals surface area contributed by atoms with Gasteiger partial charge in [-0.15, -0.1) is 0 Å². The van der Waals surface area contributed by atoms with Gasteiger partial charge in [-0.3, -0.25) is 14.4 Å². The first-order valence-corrected chi connectivity index (χ1v) is 7.66. The lowest BCUT2D eigenvalue weighted by Gasteiger charge is -2.37. The van der Waals surface area contributed by atoms with Crippen LogP contribution in [0, 0.1) is 5.41 Å². The van der Waals surface area contributed by atoms with Crippen LogP contribution >= 0.6 is 0 Å².